The third kappa shape index (κ3) is 4.29. The zero-order chi connectivity index (χ0) is 11.6. The van der Waals surface area contributed by atoms with E-state index in [4.69, 9.17) is 0 Å². The molecule has 1 saturated carbocycles. The van der Waals surface area contributed by atoms with Crippen LogP contribution in [0.5, 0.6) is 0 Å². The third-order valence-corrected chi connectivity index (χ3v) is 3.31. The fourth-order valence-electron chi connectivity index (χ4n) is 2.31. The Morgan fingerprint density at radius 3 is 2.56 bits per heavy atom. The van der Waals surface area contributed by atoms with Crippen molar-refractivity contribution in [2.45, 2.75) is 37.9 Å². The normalized spacial score (nSPS) is 28.3. The first kappa shape index (κ1) is 12.2. The van der Waals surface area contributed by atoms with Crippen LogP contribution in [-0.4, -0.2) is 43.3 Å². The Bertz CT molecular complexity index is 226. The molecule has 0 radical (unpaired) electrons. The zero-order valence-electron chi connectivity index (χ0n) is 9.39. The van der Waals surface area contributed by atoms with Gasteiger partial charge in [-0.2, -0.15) is 13.2 Å². The lowest BCUT2D eigenvalue weighted by molar-refractivity contribution is -0.127. The van der Waals surface area contributed by atoms with Crippen LogP contribution in [0.1, 0.15) is 25.7 Å². The van der Waals surface area contributed by atoms with E-state index in [2.05, 4.69) is 10.2 Å². The average Bonchev–Trinajstić information content (AvgIpc) is 2.98. The van der Waals surface area contributed by atoms with Crippen LogP contribution < -0.4 is 5.32 Å². The molecule has 2 rings (SSSR count). The van der Waals surface area contributed by atoms with Crippen LogP contribution in [0.25, 0.3) is 0 Å². The highest BCUT2D eigenvalue weighted by Gasteiger charge is 2.31. The SMILES string of the molecule is FC(F)(F)CNC1CCCN(CC2CC2)C1. The van der Waals surface area contributed by atoms with Gasteiger partial charge in [0.05, 0.1) is 6.54 Å². The highest BCUT2D eigenvalue weighted by molar-refractivity contribution is 4.83. The lowest BCUT2D eigenvalue weighted by Gasteiger charge is -2.33. The fourth-order valence-corrected chi connectivity index (χ4v) is 2.31. The number of piperidine rings is 1. The molecule has 2 aliphatic rings. The van der Waals surface area contributed by atoms with E-state index >= 15 is 0 Å². The molecule has 94 valence electrons. The Hall–Kier alpha value is -0.290. The van der Waals surface area contributed by atoms with Gasteiger partial charge in [-0.25, -0.2) is 0 Å². The molecule has 0 amide bonds. The number of nitrogens with one attached hydrogen (secondary N) is 1. The minimum atomic E-state index is -4.08. The Morgan fingerprint density at radius 1 is 1.19 bits per heavy atom. The molecule has 1 aliphatic carbocycles. The summed E-state index contributed by atoms with van der Waals surface area (Å²) in [5, 5.41) is 2.62. The van der Waals surface area contributed by atoms with E-state index in [1.165, 1.54) is 12.8 Å². The summed E-state index contributed by atoms with van der Waals surface area (Å²) in [4.78, 5) is 2.31. The monoisotopic (exact) mass is 236 g/mol. The summed E-state index contributed by atoms with van der Waals surface area (Å²) in [5.74, 6) is 0.821. The van der Waals surface area contributed by atoms with Gasteiger partial charge in [0.1, 0.15) is 0 Å². The summed E-state index contributed by atoms with van der Waals surface area (Å²) in [7, 11) is 0. The molecule has 0 bridgehead atoms. The first-order valence-electron chi connectivity index (χ1n) is 6.05. The number of nitrogens with zero attached hydrogens (tertiary/aromatic N) is 1. The van der Waals surface area contributed by atoms with Gasteiger partial charge in [-0.3, -0.25) is 0 Å². The lowest BCUT2D eigenvalue weighted by Crippen LogP contribution is -2.48. The van der Waals surface area contributed by atoms with Gasteiger partial charge in [0.25, 0.3) is 0 Å². The van der Waals surface area contributed by atoms with E-state index in [0.29, 0.717) is 0 Å². The Labute approximate surface area is 94.2 Å². The molecule has 1 unspecified atom stereocenters. The zero-order valence-corrected chi connectivity index (χ0v) is 9.39. The number of halogens is 3. The van der Waals surface area contributed by atoms with Gasteiger partial charge in [0.2, 0.25) is 0 Å². The van der Waals surface area contributed by atoms with Crippen molar-refractivity contribution in [2.75, 3.05) is 26.2 Å². The maximum Gasteiger partial charge on any atom is 0.401 e. The predicted molar refractivity (Wildman–Crippen MR) is 56.2 cm³/mol. The van der Waals surface area contributed by atoms with Gasteiger partial charge in [0, 0.05) is 19.1 Å². The van der Waals surface area contributed by atoms with Crippen molar-refractivity contribution in [3.05, 3.63) is 0 Å². The van der Waals surface area contributed by atoms with E-state index in [1.807, 2.05) is 0 Å². The summed E-state index contributed by atoms with van der Waals surface area (Å²) in [5.41, 5.74) is 0. The summed E-state index contributed by atoms with van der Waals surface area (Å²) in [6.07, 6.45) is 0.409. The van der Waals surface area contributed by atoms with Gasteiger partial charge in [0.15, 0.2) is 0 Å². The van der Waals surface area contributed by atoms with Gasteiger partial charge in [-0.05, 0) is 38.1 Å². The standard InChI is InChI=1S/C11H19F3N2/c12-11(13,14)8-15-10-2-1-5-16(7-10)6-9-3-4-9/h9-10,15H,1-8H2. The van der Waals surface area contributed by atoms with Crippen molar-refractivity contribution < 1.29 is 13.2 Å². The van der Waals surface area contributed by atoms with Crippen LogP contribution >= 0.6 is 0 Å². The van der Waals surface area contributed by atoms with Crippen molar-refractivity contribution >= 4 is 0 Å². The Morgan fingerprint density at radius 2 is 1.94 bits per heavy atom. The summed E-state index contributed by atoms with van der Waals surface area (Å²) in [6.45, 7) is 2.08. The minimum absolute atomic E-state index is 0.0223. The fraction of sp³-hybridized carbons (Fsp3) is 1.00. The van der Waals surface area contributed by atoms with Crippen molar-refractivity contribution in [2.24, 2.45) is 5.92 Å². The summed E-state index contributed by atoms with van der Waals surface area (Å²) >= 11 is 0. The average molecular weight is 236 g/mol. The van der Waals surface area contributed by atoms with Crippen LogP contribution in [0.3, 0.4) is 0 Å². The van der Waals surface area contributed by atoms with Crippen LogP contribution in [-0.2, 0) is 0 Å². The maximum absolute atomic E-state index is 12.1. The molecule has 16 heavy (non-hydrogen) atoms. The molecule has 0 aromatic rings. The number of rotatable bonds is 4. The quantitative estimate of drug-likeness (QED) is 0.803. The van der Waals surface area contributed by atoms with E-state index in [0.717, 1.165) is 38.4 Å². The van der Waals surface area contributed by atoms with Crippen LogP contribution in [0.15, 0.2) is 0 Å². The first-order valence-corrected chi connectivity index (χ1v) is 6.05. The van der Waals surface area contributed by atoms with Crippen molar-refractivity contribution in [1.82, 2.24) is 10.2 Å². The topological polar surface area (TPSA) is 15.3 Å². The van der Waals surface area contributed by atoms with Crippen molar-refractivity contribution in [3.8, 4) is 0 Å². The molecule has 2 fully saturated rings. The largest absolute Gasteiger partial charge is 0.401 e. The van der Waals surface area contributed by atoms with Gasteiger partial charge < -0.3 is 10.2 Å². The second kappa shape index (κ2) is 4.92. The highest BCUT2D eigenvalue weighted by Crippen LogP contribution is 2.30. The molecule has 1 heterocycles. The summed E-state index contributed by atoms with van der Waals surface area (Å²) in [6, 6.07) is 0.0223. The predicted octanol–water partition coefficient (Wildman–Crippen LogP) is 2.01. The van der Waals surface area contributed by atoms with Crippen molar-refractivity contribution in [1.29, 1.82) is 0 Å². The molecular formula is C11H19F3N2. The van der Waals surface area contributed by atoms with Crippen LogP contribution in [0, 0.1) is 5.92 Å². The van der Waals surface area contributed by atoms with Gasteiger partial charge >= 0.3 is 6.18 Å². The minimum Gasteiger partial charge on any atom is -0.305 e. The molecule has 0 aromatic heterocycles. The summed E-state index contributed by atoms with van der Waals surface area (Å²) < 4.78 is 36.2. The van der Waals surface area contributed by atoms with E-state index in [-0.39, 0.29) is 6.04 Å². The first-order chi connectivity index (χ1) is 7.53. The van der Waals surface area contributed by atoms with E-state index < -0.39 is 12.7 Å². The smallest absolute Gasteiger partial charge is 0.305 e. The number of hydrogen-bond donors (Lipinski definition) is 1. The molecule has 1 saturated heterocycles. The molecule has 2 nitrogen and oxygen atoms in total. The van der Waals surface area contributed by atoms with Crippen molar-refractivity contribution in [3.63, 3.8) is 0 Å². The second-order valence-electron chi connectivity index (χ2n) is 5.04. The molecule has 0 spiro atoms. The molecule has 1 N–H and O–H groups in total. The molecular weight excluding hydrogens is 217 g/mol. The second-order valence-corrected chi connectivity index (χ2v) is 5.04. The third-order valence-electron chi connectivity index (χ3n) is 3.31. The molecule has 0 aromatic carbocycles. The number of alkyl halides is 3. The molecule has 1 aliphatic heterocycles. The van der Waals surface area contributed by atoms with E-state index in [1.54, 1.807) is 0 Å². The lowest BCUT2D eigenvalue weighted by atomic mass is 10.1. The maximum atomic E-state index is 12.1. The van der Waals surface area contributed by atoms with Gasteiger partial charge in [-0.1, -0.05) is 0 Å². The Kier molecular flexibility index (Phi) is 3.74. The Balaban J connectivity index is 1.68. The van der Waals surface area contributed by atoms with Gasteiger partial charge in [-0.15, -0.1) is 0 Å². The van der Waals surface area contributed by atoms with Crippen LogP contribution in [0.4, 0.5) is 13.2 Å². The number of likely N-dealkylation sites (tertiary alicyclic amines) is 1. The van der Waals surface area contributed by atoms with E-state index in [9.17, 15) is 13.2 Å². The molecule has 1 atom stereocenters. The highest BCUT2D eigenvalue weighted by atomic mass is 19.4. The van der Waals surface area contributed by atoms with Crippen LogP contribution in [0.2, 0.25) is 0 Å². The molecule has 5 heteroatoms. The number of hydrogen-bond acceptors (Lipinski definition) is 2.